The smallest absolute Gasteiger partial charge is 0.240 e. The molecule has 1 aromatic carbocycles. The zero-order valence-electron chi connectivity index (χ0n) is 8.91. The predicted octanol–water partition coefficient (Wildman–Crippen LogP) is -1.27. The topological polar surface area (TPSA) is 127 Å². The van der Waals surface area contributed by atoms with Gasteiger partial charge in [-0.1, -0.05) is 0 Å². The molecule has 1 rings (SSSR count). The molecule has 0 aliphatic rings. The first-order valence-electron chi connectivity index (χ1n) is 4.42. The molecule has 0 bridgehead atoms. The summed E-state index contributed by atoms with van der Waals surface area (Å²) in [6.45, 7) is -0.626. The van der Waals surface area contributed by atoms with Crippen molar-refractivity contribution in [3.63, 3.8) is 0 Å². The van der Waals surface area contributed by atoms with E-state index in [1.165, 1.54) is 7.05 Å². The van der Waals surface area contributed by atoms with E-state index in [2.05, 4.69) is 4.72 Å². The van der Waals surface area contributed by atoms with Crippen LogP contribution >= 0.6 is 0 Å². The Hall–Kier alpha value is -1.00. The van der Waals surface area contributed by atoms with Gasteiger partial charge >= 0.3 is 0 Å². The molecule has 0 fully saturated rings. The van der Waals surface area contributed by atoms with Gasteiger partial charge in [-0.05, 0) is 30.8 Å². The molecule has 0 saturated carbocycles. The lowest BCUT2D eigenvalue weighted by Gasteiger charge is -2.08. The van der Waals surface area contributed by atoms with Gasteiger partial charge in [0.2, 0.25) is 20.0 Å². The average Bonchev–Trinajstić information content (AvgIpc) is 2.27. The van der Waals surface area contributed by atoms with E-state index < -0.39 is 26.7 Å². The summed E-state index contributed by atoms with van der Waals surface area (Å²) in [7, 11) is -6.46. The summed E-state index contributed by atoms with van der Waals surface area (Å²) < 4.78 is 47.3. The van der Waals surface area contributed by atoms with Gasteiger partial charge in [0.25, 0.3) is 0 Å². The quantitative estimate of drug-likeness (QED) is 0.634. The van der Waals surface area contributed by atoms with E-state index in [1.54, 1.807) is 0 Å². The minimum Gasteiger partial charge on any atom is -0.392 e. The standard InChI is InChI=1S/C8H12N2O5S2/c1-10-17(14,15)7-2-3-8(16(9,12)13)6(4-7)5-11/h2-4,10-11H,5H2,1H3,(H2,9,12,13). The van der Waals surface area contributed by atoms with Crippen LogP contribution in [0.2, 0.25) is 0 Å². The molecule has 1 aromatic rings. The fourth-order valence-corrected chi connectivity index (χ4v) is 2.77. The van der Waals surface area contributed by atoms with Crippen LogP contribution in [0.4, 0.5) is 0 Å². The third kappa shape index (κ3) is 3.01. The second-order valence-corrected chi connectivity index (χ2v) is 6.60. The first kappa shape index (κ1) is 14.1. The number of hydrogen-bond acceptors (Lipinski definition) is 5. The Kier molecular flexibility index (Phi) is 3.89. The molecule has 7 nitrogen and oxygen atoms in total. The van der Waals surface area contributed by atoms with Gasteiger partial charge in [-0.25, -0.2) is 26.7 Å². The molecule has 0 heterocycles. The fraction of sp³-hybridized carbons (Fsp3) is 0.250. The Morgan fingerprint density at radius 2 is 1.88 bits per heavy atom. The summed E-state index contributed by atoms with van der Waals surface area (Å²) in [5.41, 5.74) is -0.0659. The molecule has 0 aromatic heterocycles. The van der Waals surface area contributed by atoms with Gasteiger partial charge in [0.05, 0.1) is 16.4 Å². The number of rotatable bonds is 4. The monoisotopic (exact) mass is 280 g/mol. The van der Waals surface area contributed by atoms with Crippen LogP contribution in [0.25, 0.3) is 0 Å². The van der Waals surface area contributed by atoms with Crippen LogP contribution in [0.15, 0.2) is 28.0 Å². The van der Waals surface area contributed by atoms with Gasteiger partial charge in [0.15, 0.2) is 0 Å². The summed E-state index contributed by atoms with van der Waals surface area (Å²) in [5, 5.41) is 13.9. The number of aliphatic hydroxyl groups excluding tert-OH is 1. The number of benzene rings is 1. The molecule has 9 heteroatoms. The van der Waals surface area contributed by atoms with E-state index in [0.29, 0.717) is 0 Å². The molecule has 0 amide bonds. The van der Waals surface area contributed by atoms with Gasteiger partial charge in [0.1, 0.15) is 0 Å². The van der Waals surface area contributed by atoms with Crippen molar-refractivity contribution in [2.75, 3.05) is 7.05 Å². The van der Waals surface area contributed by atoms with Crippen molar-refractivity contribution in [1.29, 1.82) is 0 Å². The fourth-order valence-electron chi connectivity index (χ4n) is 1.24. The third-order valence-corrected chi connectivity index (χ3v) is 4.51. The highest BCUT2D eigenvalue weighted by Gasteiger charge is 2.18. The maximum absolute atomic E-state index is 11.5. The maximum Gasteiger partial charge on any atom is 0.240 e. The Bertz CT molecular complexity index is 621. The molecule has 17 heavy (non-hydrogen) atoms. The summed E-state index contributed by atoms with van der Waals surface area (Å²) in [5.74, 6) is 0. The van der Waals surface area contributed by atoms with Crippen molar-refractivity contribution < 1.29 is 21.9 Å². The molecule has 0 radical (unpaired) electrons. The Balaban J connectivity index is 3.48. The van der Waals surface area contributed by atoms with Gasteiger partial charge in [0, 0.05) is 0 Å². The van der Waals surface area contributed by atoms with Crippen molar-refractivity contribution in [1.82, 2.24) is 4.72 Å². The zero-order valence-corrected chi connectivity index (χ0v) is 10.5. The normalized spacial score (nSPS) is 12.6. The number of primary sulfonamides is 1. The molecular weight excluding hydrogens is 268 g/mol. The van der Waals surface area contributed by atoms with Crippen LogP contribution in [-0.2, 0) is 26.7 Å². The summed E-state index contributed by atoms with van der Waals surface area (Å²) in [6.07, 6.45) is 0. The van der Waals surface area contributed by atoms with E-state index in [9.17, 15) is 16.8 Å². The number of nitrogens with one attached hydrogen (secondary N) is 1. The van der Waals surface area contributed by atoms with Crippen LogP contribution < -0.4 is 9.86 Å². The SMILES string of the molecule is CNS(=O)(=O)c1ccc(S(N)(=O)=O)c(CO)c1. The Morgan fingerprint density at radius 1 is 1.29 bits per heavy atom. The first-order valence-corrected chi connectivity index (χ1v) is 7.45. The number of hydrogen-bond donors (Lipinski definition) is 3. The van der Waals surface area contributed by atoms with Gasteiger partial charge in [-0.15, -0.1) is 0 Å². The zero-order chi connectivity index (χ0) is 13.3. The van der Waals surface area contributed by atoms with Crippen molar-refractivity contribution in [2.45, 2.75) is 16.4 Å². The van der Waals surface area contributed by atoms with Crippen LogP contribution in [0.3, 0.4) is 0 Å². The molecular formula is C8H12N2O5S2. The molecule has 0 saturated heterocycles. The van der Waals surface area contributed by atoms with E-state index in [1.807, 2.05) is 0 Å². The Labute approximate surface area is 99.4 Å². The van der Waals surface area contributed by atoms with Crippen LogP contribution in [0, 0.1) is 0 Å². The molecule has 4 N–H and O–H groups in total. The molecule has 0 aliphatic heterocycles. The lowest BCUT2D eigenvalue weighted by Crippen LogP contribution is -2.20. The van der Waals surface area contributed by atoms with E-state index >= 15 is 0 Å². The first-order chi connectivity index (χ1) is 7.72. The lowest BCUT2D eigenvalue weighted by atomic mass is 10.2. The summed E-state index contributed by atoms with van der Waals surface area (Å²) >= 11 is 0. The number of nitrogens with two attached hydrogens (primary N) is 1. The largest absolute Gasteiger partial charge is 0.392 e. The average molecular weight is 280 g/mol. The molecule has 0 atom stereocenters. The molecule has 0 unspecified atom stereocenters. The van der Waals surface area contributed by atoms with Crippen molar-refractivity contribution in [3.8, 4) is 0 Å². The maximum atomic E-state index is 11.5. The van der Waals surface area contributed by atoms with Crippen molar-refractivity contribution in [3.05, 3.63) is 23.8 Å². The summed E-state index contributed by atoms with van der Waals surface area (Å²) in [6, 6.07) is 3.21. The van der Waals surface area contributed by atoms with Crippen molar-refractivity contribution in [2.24, 2.45) is 5.14 Å². The van der Waals surface area contributed by atoms with Crippen LogP contribution in [0.1, 0.15) is 5.56 Å². The number of sulfonamides is 2. The van der Waals surface area contributed by atoms with E-state index in [-0.39, 0.29) is 15.4 Å². The highest BCUT2D eigenvalue weighted by atomic mass is 32.2. The van der Waals surface area contributed by atoms with Gasteiger partial charge < -0.3 is 5.11 Å². The van der Waals surface area contributed by atoms with Crippen molar-refractivity contribution >= 4 is 20.0 Å². The number of aliphatic hydroxyl groups is 1. The molecule has 96 valence electrons. The van der Waals surface area contributed by atoms with E-state index in [4.69, 9.17) is 10.2 Å². The van der Waals surface area contributed by atoms with E-state index in [0.717, 1.165) is 18.2 Å². The second kappa shape index (κ2) is 4.70. The minimum absolute atomic E-state index is 0.0659. The third-order valence-electron chi connectivity index (χ3n) is 2.09. The molecule has 0 aliphatic carbocycles. The Morgan fingerprint density at radius 3 is 2.29 bits per heavy atom. The molecule has 0 spiro atoms. The predicted molar refractivity (Wildman–Crippen MR) is 60.0 cm³/mol. The van der Waals surface area contributed by atoms with Gasteiger partial charge in [-0.3, -0.25) is 0 Å². The van der Waals surface area contributed by atoms with Gasteiger partial charge in [-0.2, -0.15) is 0 Å². The lowest BCUT2D eigenvalue weighted by molar-refractivity contribution is 0.278. The second-order valence-electron chi connectivity index (χ2n) is 3.18. The van der Waals surface area contributed by atoms with Crippen LogP contribution in [0.5, 0.6) is 0 Å². The highest BCUT2D eigenvalue weighted by Crippen LogP contribution is 2.19. The highest BCUT2D eigenvalue weighted by molar-refractivity contribution is 7.89. The van der Waals surface area contributed by atoms with Crippen LogP contribution in [-0.4, -0.2) is 29.0 Å². The minimum atomic E-state index is -3.99. The summed E-state index contributed by atoms with van der Waals surface area (Å²) in [4.78, 5) is -0.438.